The van der Waals surface area contributed by atoms with E-state index in [1.165, 1.54) is 0 Å². The van der Waals surface area contributed by atoms with Crippen LogP contribution in [0.5, 0.6) is 0 Å². The fourth-order valence-electron chi connectivity index (χ4n) is 3.63. The minimum atomic E-state index is -0.0227. The van der Waals surface area contributed by atoms with E-state index in [4.69, 9.17) is 0 Å². The predicted octanol–water partition coefficient (Wildman–Crippen LogP) is 1.22. The van der Waals surface area contributed by atoms with Gasteiger partial charge in [0.2, 0.25) is 5.65 Å². The van der Waals surface area contributed by atoms with Gasteiger partial charge in [0.1, 0.15) is 5.82 Å². The first-order chi connectivity index (χ1) is 13.0. The number of hydrogen-bond acceptors (Lipinski definition) is 6. The number of anilines is 1. The third kappa shape index (κ3) is 3.02. The standard InChI is InChI=1S/C18H24N8O/c1-12-11-15(22-24(12)4)18(27)23(3)14-5-8-25(9-6-14)16-17-21-20-13(2)26(17)10-7-19-16/h7,10-11,14H,5-6,8-9H2,1-4H3. The average Bonchev–Trinajstić information content (AvgIpc) is 3.23. The summed E-state index contributed by atoms with van der Waals surface area (Å²) in [6.07, 6.45) is 5.42. The second kappa shape index (κ2) is 6.64. The monoisotopic (exact) mass is 368 g/mol. The molecule has 0 unspecified atom stereocenters. The Morgan fingerprint density at radius 2 is 1.96 bits per heavy atom. The Morgan fingerprint density at radius 3 is 2.63 bits per heavy atom. The second-order valence-corrected chi connectivity index (χ2v) is 7.12. The topological polar surface area (TPSA) is 84.5 Å². The molecule has 0 aromatic carbocycles. The molecule has 1 aliphatic rings. The zero-order valence-corrected chi connectivity index (χ0v) is 16.1. The summed E-state index contributed by atoms with van der Waals surface area (Å²) in [6.45, 7) is 5.52. The van der Waals surface area contributed by atoms with Crippen LogP contribution in [0.3, 0.4) is 0 Å². The zero-order chi connectivity index (χ0) is 19.1. The maximum atomic E-state index is 12.7. The van der Waals surface area contributed by atoms with Crippen molar-refractivity contribution in [2.75, 3.05) is 25.0 Å². The maximum absolute atomic E-state index is 12.7. The van der Waals surface area contributed by atoms with E-state index in [1.54, 1.807) is 10.9 Å². The number of aryl methyl sites for hydroxylation is 3. The molecule has 0 atom stereocenters. The molecule has 1 aliphatic heterocycles. The number of amides is 1. The molecule has 27 heavy (non-hydrogen) atoms. The van der Waals surface area contributed by atoms with Crippen molar-refractivity contribution < 1.29 is 4.79 Å². The number of carbonyl (C=O) groups is 1. The maximum Gasteiger partial charge on any atom is 0.274 e. The van der Waals surface area contributed by atoms with Crippen molar-refractivity contribution in [2.45, 2.75) is 32.7 Å². The van der Waals surface area contributed by atoms with Crippen LogP contribution in [-0.4, -0.2) is 66.3 Å². The molecule has 0 aliphatic carbocycles. The van der Waals surface area contributed by atoms with Gasteiger partial charge in [-0.3, -0.25) is 13.9 Å². The highest BCUT2D eigenvalue weighted by atomic mass is 16.2. The minimum absolute atomic E-state index is 0.0227. The molecule has 3 aromatic rings. The van der Waals surface area contributed by atoms with Gasteiger partial charge in [-0.05, 0) is 32.8 Å². The summed E-state index contributed by atoms with van der Waals surface area (Å²) in [5, 5.41) is 12.7. The number of fused-ring (bicyclic) bond motifs is 1. The van der Waals surface area contributed by atoms with Gasteiger partial charge in [-0.25, -0.2) is 4.98 Å². The summed E-state index contributed by atoms with van der Waals surface area (Å²) < 4.78 is 3.68. The van der Waals surface area contributed by atoms with E-state index >= 15 is 0 Å². The van der Waals surface area contributed by atoms with Crippen LogP contribution in [0, 0.1) is 13.8 Å². The van der Waals surface area contributed by atoms with E-state index in [0.29, 0.717) is 5.69 Å². The van der Waals surface area contributed by atoms with E-state index in [1.807, 2.05) is 49.5 Å². The highest BCUT2D eigenvalue weighted by Gasteiger charge is 2.28. The molecule has 0 radical (unpaired) electrons. The third-order valence-electron chi connectivity index (χ3n) is 5.44. The largest absolute Gasteiger partial charge is 0.353 e. The zero-order valence-electron chi connectivity index (χ0n) is 16.1. The van der Waals surface area contributed by atoms with Gasteiger partial charge in [0.25, 0.3) is 5.91 Å². The van der Waals surface area contributed by atoms with Crippen LogP contribution in [-0.2, 0) is 7.05 Å². The minimum Gasteiger partial charge on any atom is -0.353 e. The molecule has 142 valence electrons. The first kappa shape index (κ1) is 17.4. The molecule has 0 N–H and O–H groups in total. The van der Waals surface area contributed by atoms with Gasteiger partial charge in [-0.1, -0.05) is 0 Å². The molecule has 0 spiro atoms. The average molecular weight is 368 g/mol. The van der Waals surface area contributed by atoms with Gasteiger partial charge in [0.05, 0.1) is 0 Å². The van der Waals surface area contributed by atoms with Gasteiger partial charge in [-0.15, -0.1) is 10.2 Å². The lowest BCUT2D eigenvalue weighted by molar-refractivity contribution is 0.0702. The second-order valence-electron chi connectivity index (χ2n) is 7.12. The molecule has 1 amide bonds. The van der Waals surface area contributed by atoms with Crippen molar-refractivity contribution in [3.63, 3.8) is 0 Å². The highest BCUT2D eigenvalue weighted by Crippen LogP contribution is 2.24. The van der Waals surface area contributed by atoms with Crippen molar-refractivity contribution in [1.82, 2.24) is 34.3 Å². The van der Waals surface area contributed by atoms with Gasteiger partial charge in [-0.2, -0.15) is 5.10 Å². The summed E-state index contributed by atoms with van der Waals surface area (Å²) >= 11 is 0. The van der Waals surface area contributed by atoms with Crippen LogP contribution in [0.2, 0.25) is 0 Å². The highest BCUT2D eigenvalue weighted by molar-refractivity contribution is 5.92. The summed E-state index contributed by atoms with van der Waals surface area (Å²) in [5.41, 5.74) is 2.26. The molecular formula is C18H24N8O. The van der Waals surface area contributed by atoms with Crippen LogP contribution in [0.1, 0.15) is 34.8 Å². The SMILES string of the molecule is Cc1cc(C(=O)N(C)C2CCN(c3nccn4c(C)nnc34)CC2)nn1C. The summed E-state index contributed by atoms with van der Waals surface area (Å²) in [7, 11) is 3.72. The molecule has 1 fully saturated rings. The molecule has 3 aromatic heterocycles. The summed E-state index contributed by atoms with van der Waals surface area (Å²) in [4.78, 5) is 21.3. The Kier molecular flexibility index (Phi) is 4.29. The fourth-order valence-corrected chi connectivity index (χ4v) is 3.63. The fraction of sp³-hybridized carbons (Fsp3) is 0.500. The Hall–Kier alpha value is -2.97. The van der Waals surface area contributed by atoms with E-state index in [-0.39, 0.29) is 11.9 Å². The first-order valence-corrected chi connectivity index (χ1v) is 9.15. The molecule has 9 nitrogen and oxygen atoms in total. The lowest BCUT2D eigenvalue weighted by atomic mass is 10.0. The first-order valence-electron chi connectivity index (χ1n) is 9.15. The number of aromatic nitrogens is 6. The lowest BCUT2D eigenvalue weighted by Gasteiger charge is -2.37. The van der Waals surface area contributed by atoms with Crippen molar-refractivity contribution in [3.05, 3.63) is 35.7 Å². The van der Waals surface area contributed by atoms with E-state index < -0.39 is 0 Å². The van der Waals surface area contributed by atoms with Crippen molar-refractivity contribution >= 4 is 17.4 Å². The number of nitrogens with zero attached hydrogens (tertiary/aromatic N) is 8. The molecule has 0 saturated carbocycles. The molecule has 4 rings (SSSR count). The van der Waals surface area contributed by atoms with Crippen LogP contribution < -0.4 is 4.90 Å². The molecular weight excluding hydrogens is 344 g/mol. The number of carbonyl (C=O) groups excluding carboxylic acids is 1. The normalized spacial score (nSPS) is 15.5. The Balaban J connectivity index is 1.46. The Bertz CT molecular complexity index is 963. The van der Waals surface area contributed by atoms with E-state index in [0.717, 1.165) is 48.9 Å². The smallest absolute Gasteiger partial charge is 0.274 e. The van der Waals surface area contributed by atoms with Crippen LogP contribution in [0.15, 0.2) is 18.5 Å². The van der Waals surface area contributed by atoms with E-state index in [9.17, 15) is 4.79 Å². The van der Waals surface area contributed by atoms with Crippen LogP contribution >= 0.6 is 0 Å². The molecule has 4 heterocycles. The van der Waals surface area contributed by atoms with Crippen molar-refractivity contribution in [3.8, 4) is 0 Å². The summed E-state index contributed by atoms with van der Waals surface area (Å²) in [6, 6.07) is 2.03. The van der Waals surface area contributed by atoms with Gasteiger partial charge in [0.15, 0.2) is 11.5 Å². The molecule has 9 heteroatoms. The molecule has 0 bridgehead atoms. The number of rotatable bonds is 3. The van der Waals surface area contributed by atoms with Crippen molar-refractivity contribution in [1.29, 1.82) is 0 Å². The number of piperidine rings is 1. The van der Waals surface area contributed by atoms with Gasteiger partial charge in [0, 0.05) is 51.3 Å². The van der Waals surface area contributed by atoms with E-state index in [2.05, 4.69) is 25.2 Å². The summed E-state index contributed by atoms with van der Waals surface area (Å²) in [5.74, 6) is 1.68. The van der Waals surface area contributed by atoms with Gasteiger partial charge >= 0.3 is 0 Å². The molecule has 1 saturated heterocycles. The number of hydrogen-bond donors (Lipinski definition) is 0. The third-order valence-corrected chi connectivity index (χ3v) is 5.44. The lowest BCUT2D eigenvalue weighted by Crippen LogP contribution is -2.46. The Morgan fingerprint density at radius 1 is 1.22 bits per heavy atom. The Labute approximate surface area is 157 Å². The van der Waals surface area contributed by atoms with Crippen LogP contribution in [0.25, 0.3) is 5.65 Å². The van der Waals surface area contributed by atoms with Crippen molar-refractivity contribution in [2.24, 2.45) is 7.05 Å². The van der Waals surface area contributed by atoms with Crippen LogP contribution in [0.4, 0.5) is 5.82 Å². The predicted molar refractivity (Wildman–Crippen MR) is 101 cm³/mol. The van der Waals surface area contributed by atoms with Gasteiger partial charge < -0.3 is 9.80 Å². The quantitative estimate of drug-likeness (QED) is 0.691.